The lowest BCUT2D eigenvalue weighted by Gasteiger charge is -2.13. The average Bonchev–Trinajstić information content (AvgIpc) is 2.69. The monoisotopic (exact) mass is 410 g/mol. The number of benzene rings is 1. The number of aromatic nitrogens is 1. The maximum atomic E-state index is 12.4. The minimum atomic E-state index is -3.54. The molecular weight excluding hydrogens is 396 g/mol. The van der Waals surface area contributed by atoms with Gasteiger partial charge >= 0.3 is 10.2 Å². The van der Waals surface area contributed by atoms with Crippen molar-refractivity contribution in [3.8, 4) is 0 Å². The molecule has 3 rings (SSSR count). The summed E-state index contributed by atoms with van der Waals surface area (Å²) in [4.78, 5) is 16.3. The first-order chi connectivity index (χ1) is 11.2. The third-order valence-electron chi connectivity index (χ3n) is 3.91. The molecule has 0 fully saturated rings. The first-order valence-corrected chi connectivity index (χ1v) is 9.20. The second-order valence-corrected chi connectivity index (χ2v) is 8.35. The van der Waals surface area contributed by atoms with Crippen molar-refractivity contribution in [3.05, 3.63) is 46.2 Å². The number of halogens is 1. The summed E-state index contributed by atoms with van der Waals surface area (Å²) in [7, 11) is -0.559. The quantitative estimate of drug-likeness (QED) is 0.824. The number of hydrogen-bond acceptors (Lipinski definition) is 4. The van der Waals surface area contributed by atoms with E-state index in [0.717, 1.165) is 5.56 Å². The second-order valence-electron chi connectivity index (χ2n) is 5.44. The predicted molar refractivity (Wildman–Crippen MR) is 96.8 cm³/mol. The average molecular weight is 411 g/mol. The lowest BCUT2D eigenvalue weighted by atomic mass is 10.1. The molecule has 0 saturated carbocycles. The van der Waals surface area contributed by atoms with E-state index in [1.54, 1.807) is 24.4 Å². The molecule has 0 spiro atoms. The van der Waals surface area contributed by atoms with Crippen LogP contribution in [0, 0.1) is 6.92 Å². The SMILES string of the molecule is Cc1cc2c(cc1NC(=O)c1cncc(Br)c1)N(C)S(=O)(=O)N2C. The summed E-state index contributed by atoms with van der Waals surface area (Å²) in [6.07, 6.45) is 3.06. The van der Waals surface area contributed by atoms with Crippen LogP contribution in [0.2, 0.25) is 0 Å². The third-order valence-corrected chi connectivity index (χ3v) is 6.12. The van der Waals surface area contributed by atoms with Gasteiger partial charge < -0.3 is 5.32 Å². The molecule has 0 atom stereocenters. The summed E-state index contributed by atoms with van der Waals surface area (Å²) in [6.45, 7) is 1.81. The Labute approximate surface area is 148 Å². The van der Waals surface area contributed by atoms with E-state index in [4.69, 9.17) is 0 Å². The molecule has 0 aliphatic carbocycles. The van der Waals surface area contributed by atoms with Gasteiger partial charge in [0.2, 0.25) is 0 Å². The van der Waals surface area contributed by atoms with Gasteiger partial charge in [0.1, 0.15) is 0 Å². The van der Waals surface area contributed by atoms with E-state index in [2.05, 4.69) is 26.2 Å². The number of nitrogens with zero attached hydrogens (tertiary/aromatic N) is 3. The maximum absolute atomic E-state index is 12.4. The number of pyridine rings is 1. The molecule has 2 heterocycles. The predicted octanol–water partition coefficient (Wildman–Crippen LogP) is 2.54. The molecule has 1 amide bonds. The van der Waals surface area contributed by atoms with Crippen LogP contribution in [0.1, 0.15) is 15.9 Å². The van der Waals surface area contributed by atoms with Gasteiger partial charge in [0.15, 0.2) is 0 Å². The molecule has 7 nitrogen and oxygen atoms in total. The summed E-state index contributed by atoms with van der Waals surface area (Å²) in [5.41, 5.74) is 2.82. The topological polar surface area (TPSA) is 82.6 Å². The summed E-state index contributed by atoms with van der Waals surface area (Å²) in [5, 5.41) is 2.81. The zero-order valence-corrected chi connectivity index (χ0v) is 15.6. The van der Waals surface area contributed by atoms with Crippen LogP contribution < -0.4 is 13.9 Å². The van der Waals surface area contributed by atoms with Gasteiger partial charge in [-0.25, -0.2) is 0 Å². The molecule has 0 saturated heterocycles. The van der Waals surface area contributed by atoms with Gasteiger partial charge in [-0.2, -0.15) is 8.42 Å². The van der Waals surface area contributed by atoms with Crippen molar-refractivity contribution in [2.45, 2.75) is 6.92 Å². The fourth-order valence-corrected chi connectivity index (χ4v) is 4.01. The van der Waals surface area contributed by atoms with Crippen LogP contribution in [-0.2, 0) is 10.2 Å². The molecule has 0 bridgehead atoms. The number of rotatable bonds is 2. The standard InChI is InChI=1S/C15H15BrN4O3S/c1-9-4-13-14(20(3)24(22,23)19(13)2)6-12(9)18-15(21)10-5-11(16)8-17-7-10/h4-8H,1-3H3,(H,18,21). The Morgan fingerprint density at radius 1 is 1.12 bits per heavy atom. The number of hydrogen-bond donors (Lipinski definition) is 1. The second kappa shape index (κ2) is 5.75. The van der Waals surface area contributed by atoms with E-state index < -0.39 is 10.2 Å². The lowest BCUT2D eigenvalue weighted by molar-refractivity contribution is 0.102. The van der Waals surface area contributed by atoms with Crippen LogP contribution in [0.25, 0.3) is 0 Å². The van der Waals surface area contributed by atoms with Crippen LogP contribution in [0.4, 0.5) is 17.1 Å². The van der Waals surface area contributed by atoms with Crippen LogP contribution in [0.5, 0.6) is 0 Å². The molecule has 0 radical (unpaired) electrons. The normalized spacial score (nSPS) is 15.3. The van der Waals surface area contributed by atoms with Crippen molar-refractivity contribution in [2.24, 2.45) is 0 Å². The molecule has 9 heteroatoms. The van der Waals surface area contributed by atoms with Crippen molar-refractivity contribution < 1.29 is 13.2 Å². The minimum Gasteiger partial charge on any atom is -0.322 e. The fraction of sp³-hybridized carbons (Fsp3) is 0.200. The minimum absolute atomic E-state index is 0.316. The van der Waals surface area contributed by atoms with E-state index in [-0.39, 0.29) is 5.91 Å². The summed E-state index contributed by atoms with van der Waals surface area (Å²) >= 11 is 3.28. The first kappa shape index (κ1) is 16.7. The number of carbonyl (C=O) groups is 1. The van der Waals surface area contributed by atoms with Gasteiger partial charge in [0.05, 0.1) is 16.9 Å². The smallest absolute Gasteiger partial charge is 0.322 e. The van der Waals surface area contributed by atoms with Gasteiger partial charge in [0, 0.05) is 36.6 Å². The molecule has 1 aromatic heterocycles. The number of aryl methyl sites for hydroxylation is 1. The van der Waals surface area contributed by atoms with E-state index in [0.29, 0.717) is 27.1 Å². The molecular formula is C15H15BrN4O3S. The molecule has 1 aliphatic heterocycles. The van der Waals surface area contributed by atoms with Crippen LogP contribution in [-0.4, -0.2) is 33.4 Å². The number of nitrogens with one attached hydrogen (secondary N) is 1. The maximum Gasteiger partial charge on any atom is 0.326 e. The number of anilines is 3. The third kappa shape index (κ3) is 2.63. The fourth-order valence-electron chi connectivity index (χ4n) is 2.48. The van der Waals surface area contributed by atoms with Gasteiger partial charge in [-0.1, -0.05) is 0 Å². The van der Waals surface area contributed by atoms with Crippen LogP contribution in [0.15, 0.2) is 35.1 Å². The summed E-state index contributed by atoms with van der Waals surface area (Å²) < 4.78 is 27.5. The Bertz CT molecular complexity index is 946. The number of amides is 1. The van der Waals surface area contributed by atoms with Crippen molar-refractivity contribution in [2.75, 3.05) is 28.0 Å². The molecule has 2 aromatic rings. The van der Waals surface area contributed by atoms with Gasteiger partial charge in [-0.15, -0.1) is 0 Å². The Hall–Kier alpha value is -2.13. The van der Waals surface area contributed by atoms with Gasteiger partial charge in [-0.05, 0) is 46.6 Å². The highest BCUT2D eigenvalue weighted by molar-refractivity contribution is 9.10. The highest BCUT2D eigenvalue weighted by Gasteiger charge is 2.36. The van der Waals surface area contributed by atoms with E-state index in [1.165, 1.54) is 28.9 Å². The molecule has 0 unspecified atom stereocenters. The van der Waals surface area contributed by atoms with Crippen molar-refractivity contribution in [3.63, 3.8) is 0 Å². The highest BCUT2D eigenvalue weighted by atomic mass is 79.9. The first-order valence-electron chi connectivity index (χ1n) is 7.01. The molecule has 126 valence electrons. The Morgan fingerprint density at radius 2 is 1.75 bits per heavy atom. The summed E-state index contributed by atoms with van der Waals surface area (Å²) in [5.74, 6) is -0.316. The Kier molecular flexibility index (Phi) is 4.00. The van der Waals surface area contributed by atoms with Crippen LogP contribution in [0.3, 0.4) is 0 Å². The van der Waals surface area contributed by atoms with Crippen LogP contribution >= 0.6 is 15.9 Å². The summed E-state index contributed by atoms with van der Waals surface area (Å²) in [6, 6.07) is 5.07. The molecule has 24 heavy (non-hydrogen) atoms. The van der Waals surface area contributed by atoms with Gasteiger partial charge in [0.25, 0.3) is 5.91 Å². The zero-order chi connectivity index (χ0) is 17.6. The van der Waals surface area contributed by atoms with E-state index in [9.17, 15) is 13.2 Å². The largest absolute Gasteiger partial charge is 0.326 e. The highest BCUT2D eigenvalue weighted by Crippen LogP contribution is 2.42. The molecule has 1 aromatic carbocycles. The van der Waals surface area contributed by atoms with Crippen molar-refractivity contribution in [1.82, 2.24) is 4.98 Å². The molecule has 1 aliphatic rings. The lowest BCUT2D eigenvalue weighted by Crippen LogP contribution is -2.32. The molecule has 1 N–H and O–H groups in total. The zero-order valence-electron chi connectivity index (χ0n) is 13.2. The Balaban J connectivity index is 1.97. The van der Waals surface area contributed by atoms with E-state index in [1.807, 2.05) is 6.92 Å². The number of carbonyl (C=O) groups excluding carboxylic acids is 1. The van der Waals surface area contributed by atoms with Gasteiger partial charge in [-0.3, -0.25) is 18.4 Å². The number of fused-ring (bicyclic) bond motifs is 1. The van der Waals surface area contributed by atoms with Crippen molar-refractivity contribution in [1.29, 1.82) is 0 Å². The van der Waals surface area contributed by atoms with E-state index >= 15 is 0 Å². The Morgan fingerprint density at radius 3 is 2.38 bits per heavy atom. The van der Waals surface area contributed by atoms with Crippen molar-refractivity contribution >= 4 is 49.1 Å².